The number of ether oxygens (including phenoxy) is 3. The Morgan fingerprint density at radius 3 is 2.53 bits per heavy atom. The average Bonchev–Trinajstić information content (AvgIpc) is 3.48. The number of benzene rings is 2. The van der Waals surface area contributed by atoms with Crippen LogP contribution >= 0.6 is 0 Å². The van der Waals surface area contributed by atoms with Crippen molar-refractivity contribution in [2.24, 2.45) is 0 Å². The summed E-state index contributed by atoms with van der Waals surface area (Å²) in [4.78, 5) is 2.24. The second-order valence-corrected chi connectivity index (χ2v) is 9.90. The Bertz CT molecular complexity index is 1080. The maximum absolute atomic E-state index is 10.7. The van der Waals surface area contributed by atoms with Gasteiger partial charge in [-0.1, -0.05) is 35.9 Å². The first kappa shape index (κ1) is 26.4. The van der Waals surface area contributed by atoms with Gasteiger partial charge >= 0.3 is 0 Å². The van der Waals surface area contributed by atoms with E-state index in [1.165, 1.54) is 5.56 Å². The van der Waals surface area contributed by atoms with Crippen molar-refractivity contribution in [1.29, 1.82) is 0 Å². The molecule has 194 valence electrons. The van der Waals surface area contributed by atoms with Gasteiger partial charge < -0.3 is 19.3 Å². The third kappa shape index (κ3) is 7.17. The van der Waals surface area contributed by atoms with Crippen LogP contribution in [0.1, 0.15) is 43.5 Å². The van der Waals surface area contributed by atoms with Gasteiger partial charge in [-0.3, -0.25) is 4.90 Å². The molecule has 1 N–H and O–H groups in total. The molecule has 1 saturated heterocycles. The van der Waals surface area contributed by atoms with Crippen LogP contribution in [0, 0.1) is 13.8 Å². The summed E-state index contributed by atoms with van der Waals surface area (Å²) in [6.45, 7) is 10.9. The lowest BCUT2D eigenvalue weighted by atomic mass is 10.1. The maximum atomic E-state index is 10.7. The molecule has 0 amide bonds. The molecule has 0 spiro atoms. The van der Waals surface area contributed by atoms with E-state index in [9.17, 15) is 5.11 Å². The molecule has 1 aromatic heterocycles. The van der Waals surface area contributed by atoms with Gasteiger partial charge in [0.25, 0.3) is 0 Å². The number of aliphatic hydroxyl groups excluding tert-OH is 1. The molecule has 0 radical (unpaired) electrons. The van der Waals surface area contributed by atoms with Gasteiger partial charge in [0.15, 0.2) is 0 Å². The fourth-order valence-corrected chi connectivity index (χ4v) is 4.45. The molecule has 7 nitrogen and oxygen atoms in total. The third-order valence-electron chi connectivity index (χ3n) is 6.33. The van der Waals surface area contributed by atoms with E-state index in [0.717, 1.165) is 48.7 Å². The number of aliphatic hydroxyl groups is 1. The molecule has 0 bridgehead atoms. The van der Waals surface area contributed by atoms with Crippen LogP contribution in [0.15, 0.2) is 54.6 Å². The minimum absolute atomic E-state index is 0.0760. The summed E-state index contributed by atoms with van der Waals surface area (Å²) < 4.78 is 20.0. The summed E-state index contributed by atoms with van der Waals surface area (Å²) in [6, 6.07) is 18.1. The molecule has 36 heavy (non-hydrogen) atoms. The van der Waals surface area contributed by atoms with E-state index in [-0.39, 0.29) is 12.2 Å². The molecule has 2 heterocycles. The molecule has 1 aliphatic heterocycles. The van der Waals surface area contributed by atoms with E-state index >= 15 is 0 Å². The average molecular weight is 494 g/mol. The Hall–Kier alpha value is -2.71. The quantitative estimate of drug-likeness (QED) is 0.381. The van der Waals surface area contributed by atoms with Crippen molar-refractivity contribution in [2.75, 3.05) is 26.3 Å². The molecule has 2 aromatic carbocycles. The van der Waals surface area contributed by atoms with Crippen molar-refractivity contribution in [1.82, 2.24) is 14.7 Å². The summed E-state index contributed by atoms with van der Waals surface area (Å²) >= 11 is 0. The molecule has 0 saturated carbocycles. The highest BCUT2D eigenvalue weighted by atomic mass is 16.5. The number of hydrogen-bond donors (Lipinski definition) is 1. The predicted molar refractivity (Wildman–Crippen MR) is 141 cm³/mol. The van der Waals surface area contributed by atoms with Crippen LogP contribution in [-0.2, 0) is 16.0 Å². The van der Waals surface area contributed by atoms with Gasteiger partial charge in [0.2, 0.25) is 5.88 Å². The molecular weight excluding hydrogens is 454 g/mol. The fourth-order valence-electron chi connectivity index (χ4n) is 4.45. The van der Waals surface area contributed by atoms with Gasteiger partial charge in [0.05, 0.1) is 41.9 Å². The summed E-state index contributed by atoms with van der Waals surface area (Å²) in [5, 5.41) is 15.6. The van der Waals surface area contributed by atoms with Crippen molar-refractivity contribution in [3.63, 3.8) is 0 Å². The summed E-state index contributed by atoms with van der Waals surface area (Å²) in [7, 11) is 0. The van der Waals surface area contributed by atoms with Crippen LogP contribution in [-0.4, -0.2) is 64.4 Å². The van der Waals surface area contributed by atoms with Crippen LogP contribution in [0.3, 0.4) is 0 Å². The van der Waals surface area contributed by atoms with Gasteiger partial charge in [-0.15, -0.1) is 0 Å². The lowest BCUT2D eigenvalue weighted by molar-refractivity contribution is -0.0173. The smallest absolute Gasteiger partial charge is 0.227 e. The van der Waals surface area contributed by atoms with Crippen molar-refractivity contribution in [2.45, 2.75) is 65.4 Å². The number of rotatable bonds is 12. The van der Waals surface area contributed by atoms with E-state index in [0.29, 0.717) is 25.6 Å². The molecule has 0 aliphatic carbocycles. The monoisotopic (exact) mass is 493 g/mol. The Morgan fingerprint density at radius 2 is 1.86 bits per heavy atom. The highest BCUT2D eigenvalue weighted by Crippen LogP contribution is 2.32. The van der Waals surface area contributed by atoms with Gasteiger partial charge in [-0.25, -0.2) is 4.68 Å². The summed E-state index contributed by atoms with van der Waals surface area (Å²) in [5.41, 5.74) is 4.00. The van der Waals surface area contributed by atoms with Crippen molar-refractivity contribution in [3.8, 4) is 17.3 Å². The normalized spacial score (nSPS) is 16.7. The van der Waals surface area contributed by atoms with Gasteiger partial charge in [-0.2, -0.15) is 5.10 Å². The summed E-state index contributed by atoms with van der Waals surface area (Å²) in [5.74, 6) is 1.45. The molecular formula is C29H39N3O4. The fraction of sp³-hybridized carbons (Fsp3) is 0.483. The lowest BCUT2D eigenvalue weighted by Crippen LogP contribution is -2.39. The summed E-state index contributed by atoms with van der Waals surface area (Å²) in [6.07, 6.45) is 1.75. The number of aryl methyl sites for hydroxylation is 2. The Labute approximate surface area is 214 Å². The highest BCUT2D eigenvalue weighted by Gasteiger charge is 2.26. The van der Waals surface area contributed by atoms with Crippen LogP contribution in [0.4, 0.5) is 0 Å². The zero-order valence-corrected chi connectivity index (χ0v) is 21.9. The van der Waals surface area contributed by atoms with Crippen molar-refractivity contribution >= 4 is 0 Å². The number of hydrogen-bond acceptors (Lipinski definition) is 6. The lowest BCUT2D eigenvalue weighted by Gasteiger charge is -2.28. The Morgan fingerprint density at radius 1 is 1.11 bits per heavy atom. The maximum Gasteiger partial charge on any atom is 0.227 e. The van der Waals surface area contributed by atoms with Gasteiger partial charge in [0.1, 0.15) is 5.75 Å². The molecule has 7 heteroatoms. The number of aromatic nitrogens is 2. The van der Waals surface area contributed by atoms with E-state index in [1.807, 2.05) is 80.1 Å². The molecule has 4 rings (SSSR count). The van der Waals surface area contributed by atoms with Crippen LogP contribution in [0.5, 0.6) is 11.6 Å². The van der Waals surface area contributed by atoms with Crippen LogP contribution in [0.2, 0.25) is 0 Å². The first-order chi connectivity index (χ1) is 17.4. The molecule has 1 fully saturated rings. The van der Waals surface area contributed by atoms with Crippen LogP contribution in [0.25, 0.3) is 5.69 Å². The first-order valence-electron chi connectivity index (χ1n) is 12.9. The Balaban J connectivity index is 1.64. The second kappa shape index (κ2) is 12.5. The minimum Gasteiger partial charge on any atom is -0.439 e. The molecule has 3 aromatic rings. The molecule has 2 atom stereocenters. The van der Waals surface area contributed by atoms with Crippen molar-refractivity contribution < 1.29 is 19.3 Å². The second-order valence-electron chi connectivity index (χ2n) is 9.90. The van der Waals surface area contributed by atoms with Crippen LogP contribution < -0.4 is 4.74 Å². The van der Waals surface area contributed by atoms with E-state index in [1.54, 1.807) is 0 Å². The molecule has 0 unspecified atom stereocenters. The predicted octanol–water partition coefficient (Wildman–Crippen LogP) is 5.05. The number of nitrogens with zero attached hydrogens (tertiary/aromatic N) is 3. The standard InChI is InChI=1S/C29H39N3O4/c1-21(2)35-20-25(33)17-31(18-27-11-8-16-34-27)19-28-23(4)30-32(24-9-6-5-7-10-24)29(28)36-26-14-12-22(3)13-15-26/h5-7,9-10,12-15,21,25,27,33H,8,11,16-20H2,1-4H3/t25-,27-/m1/s1. The topological polar surface area (TPSA) is 69.0 Å². The van der Waals surface area contributed by atoms with E-state index < -0.39 is 6.10 Å². The van der Waals surface area contributed by atoms with Crippen molar-refractivity contribution in [3.05, 3.63) is 71.4 Å². The van der Waals surface area contributed by atoms with E-state index in [2.05, 4.69) is 11.8 Å². The molecule has 1 aliphatic rings. The van der Waals surface area contributed by atoms with E-state index in [4.69, 9.17) is 19.3 Å². The highest BCUT2D eigenvalue weighted by molar-refractivity contribution is 5.43. The zero-order valence-electron chi connectivity index (χ0n) is 21.9. The van der Waals surface area contributed by atoms with Gasteiger partial charge in [-0.05, 0) is 64.8 Å². The Kier molecular flexibility index (Phi) is 9.15. The third-order valence-corrected chi connectivity index (χ3v) is 6.33. The van der Waals surface area contributed by atoms with Gasteiger partial charge in [0, 0.05) is 26.2 Å². The zero-order chi connectivity index (χ0) is 25.5. The number of para-hydroxylation sites is 1. The minimum atomic E-state index is -0.597. The first-order valence-corrected chi connectivity index (χ1v) is 12.9. The largest absolute Gasteiger partial charge is 0.439 e. The SMILES string of the molecule is Cc1ccc(Oc2c(CN(C[C@@H](O)COC(C)C)C[C@H]3CCCO3)c(C)nn2-c2ccccc2)cc1.